The van der Waals surface area contributed by atoms with Gasteiger partial charge in [0.2, 0.25) is 6.10 Å². The molecule has 0 radical (unpaired) electrons. The van der Waals surface area contributed by atoms with Crippen LogP contribution < -0.4 is 10.6 Å². The van der Waals surface area contributed by atoms with E-state index in [-0.39, 0.29) is 6.61 Å². The van der Waals surface area contributed by atoms with Crippen LogP contribution in [0.2, 0.25) is 5.02 Å². The molecule has 2 N–H and O–H groups in total. The Morgan fingerprint density at radius 3 is 2.38 bits per heavy atom. The van der Waals surface area contributed by atoms with Crippen LogP contribution in [-0.2, 0) is 19.1 Å². The number of pyridine rings is 1. The molecule has 0 aliphatic rings. The number of nitrogens with one attached hydrogen (secondary N) is 2. The van der Waals surface area contributed by atoms with Gasteiger partial charge in [-0.3, -0.25) is 14.6 Å². The minimum absolute atomic E-state index is 0.0760. The molecule has 200 valence electrons. The van der Waals surface area contributed by atoms with Crippen LogP contribution in [0.3, 0.4) is 0 Å². The molecule has 0 saturated carbocycles. The lowest BCUT2D eigenvalue weighted by molar-refractivity contribution is -0.168. The minimum Gasteiger partial charge on any atom is -0.463 e. The summed E-state index contributed by atoms with van der Waals surface area (Å²) < 4.78 is 10.9. The fourth-order valence-electron chi connectivity index (χ4n) is 4.06. The zero-order valence-electron chi connectivity index (χ0n) is 21.3. The van der Waals surface area contributed by atoms with Gasteiger partial charge >= 0.3 is 11.9 Å². The summed E-state index contributed by atoms with van der Waals surface area (Å²) in [5.74, 6) is -1.83. The molecule has 0 spiro atoms. The summed E-state index contributed by atoms with van der Waals surface area (Å²) >= 11 is 6.06. The number of amides is 1. The molecule has 4 rings (SSSR count). The minimum atomic E-state index is -1.38. The van der Waals surface area contributed by atoms with E-state index in [0.29, 0.717) is 29.1 Å². The summed E-state index contributed by atoms with van der Waals surface area (Å²) in [6, 6.07) is 23.8. The van der Waals surface area contributed by atoms with Gasteiger partial charge in [-0.2, -0.15) is 0 Å². The summed E-state index contributed by atoms with van der Waals surface area (Å²) in [7, 11) is 0. The van der Waals surface area contributed by atoms with Crippen molar-refractivity contribution in [3.63, 3.8) is 0 Å². The van der Waals surface area contributed by atoms with Gasteiger partial charge in [-0.15, -0.1) is 0 Å². The van der Waals surface area contributed by atoms with Crippen LogP contribution in [0.1, 0.15) is 35.3 Å². The highest BCUT2D eigenvalue weighted by atomic mass is 35.5. The maximum absolute atomic E-state index is 13.2. The molecule has 1 aromatic heterocycles. The van der Waals surface area contributed by atoms with Crippen molar-refractivity contribution >= 4 is 46.0 Å². The van der Waals surface area contributed by atoms with E-state index in [2.05, 4.69) is 15.6 Å². The molecule has 0 aliphatic heterocycles. The van der Waals surface area contributed by atoms with E-state index >= 15 is 0 Å². The molecule has 8 nitrogen and oxygen atoms in total. The summed E-state index contributed by atoms with van der Waals surface area (Å²) in [4.78, 5) is 42.4. The first-order chi connectivity index (χ1) is 18.9. The van der Waals surface area contributed by atoms with Crippen LogP contribution >= 0.6 is 11.6 Å². The van der Waals surface area contributed by atoms with Crippen molar-refractivity contribution in [1.82, 2.24) is 10.3 Å². The third kappa shape index (κ3) is 7.55. The molecule has 1 amide bonds. The van der Waals surface area contributed by atoms with Gasteiger partial charge in [0.25, 0.3) is 5.91 Å². The quantitative estimate of drug-likeness (QED) is 0.194. The predicted octanol–water partition coefficient (Wildman–Crippen LogP) is 5.34. The van der Waals surface area contributed by atoms with E-state index in [4.69, 9.17) is 21.1 Å². The number of halogens is 1. The Labute approximate surface area is 231 Å². The van der Waals surface area contributed by atoms with Crippen LogP contribution in [-0.4, -0.2) is 42.1 Å². The number of carbonyl (C=O) groups is 3. The van der Waals surface area contributed by atoms with Gasteiger partial charge in [-0.05, 0) is 48.4 Å². The third-order valence-corrected chi connectivity index (χ3v) is 6.13. The lowest BCUT2D eigenvalue weighted by atomic mass is 10.0. The first-order valence-electron chi connectivity index (χ1n) is 12.5. The molecule has 4 aromatic rings. The molecule has 0 unspecified atom stereocenters. The van der Waals surface area contributed by atoms with Crippen molar-refractivity contribution in [3.05, 3.63) is 107 Å². The highest BCUT2D eigenvalue weighted by Crippen LogP contribution is 2.25. The maximum Gasteiger partial charge on any atom is 0.350 e. The van der Waals surface area contributed by atoms with Crippen molar-refractivity contribution in [3.8, 4) is 0 Å². The molecule has 9 heteroatoms. The molecular weight excluding hydrogens is 518 g/mol. The molecule has 0 bridgehead atoms. The number of ether oxygens (including phenoxy) is 2. The number of esters is 2. The average Bonchev–Trinajstić information content (AvgIpc) is 2.95. The smallest absolute Gasteiger partial charge is 0.350 e. The number of benzene rings is 3. The van der Waals surface area contributed by atoms with Crippen LogP contribution in [0.5, 0.6) is 0 Å². The van der Waals surface area contributed by atoms with Crippen molar-refractivity contribution in [2.24, 2.45) is 0 Å². The molecule has 0 fully saturated rings. The van der Waals surface area contributed by atoms with Crippen LogP contribution in [0.25, 0.3) is 10.9 Å². The van der Waals surface area contributed by atoms with Crippen molar-refractivity contribution in [2.45, 2.75) is 25.5 Å². The monoisotopic (exact) mass is 545 g/mol. The number of hydrogen-bond donors (Lipinski definition) is 2. The number of nitrogens with zero attached hydrogens (tertiary/aromatic N) is 1. The zero-order valence-corrected chi connectivity index (χ0v) is 22.1. The first-order valence-corrected chi connectivity index (χ1v) is 12.8. The Kier molecular flexibility index (Phi) is 9.48. The van der Waals surface area contributed by atoms with Crippen molar-refractivity contribution < 1.29 is 23.9 Å². The second-order valence-corrected chi connectivity index (χ2v) is 9.16. The highest BCUT2D eigenvalue weighted by molar-refractivity contribution is 6.31. The summed E-state index contributed by atoms with van der Waals surface area (Å²) in [6.07, 6.45) is 0.805. The first kappa shape index (κ1) is 27.6. The van der Waals surface area contributed by atoms with Gasteiger partial charge < -0.3 is 20.1 Å². The van der Waals surface area contributed by atoms with Crippen molar-refractivity contribution in [2.75, 3.05) is 18.5 Å². The number of rotatable bonds is 11. The van der Waals surface area contributed by atoms with Crippen LogP contribution in [0, 0.1) is 0 Å². The Morgan fingerprint density at radius 2 is 1.67 bits per heavy atom. The second-order valence-electron chi connectivity index (χ2n) is 8.73. The fraction of sp³-hybridized carbons (Fsp3) is 0.200. The largest absolute Gasteiger partial charge is 0.463 e. The number of carbonyl (C=O) groups excluding carboxylic acids is 3. The second kappa shape index (κ2) is 13.4. The standard InChI is InChI=1S/C30H28ClN3O5/c1-20(35)39-28(27(21-9-4-2-5-10-21)34-29(36)22-11-6-3-7-12-22)30(37)38-18-8-16-32-25-15-17-33-26-19-23(31)13-14-24(25)26/h2-7,9-15,17,19,27-28H,8,16,18H2,1H3,(H,32,33)(H,34,36)/t27-,28+/m1/s1. The summed E-state index contributed by atoms with van der Waals surface area (Å²) in [5.41, 5.74) is 2.66. The molecule has 0 saturated heterocycles. The summed E-state index contributed by atoms with van der Waals surface area (Å²) in [5, 5.41) is 7.69. The Hall–Kier alpha value is -4.43. The molecule has 39 heavy (non-hydrogen) atoms. The molecule has 3 aromatic carbocycles. The number of hydrogen-bond acceptors (Lipinski definition) is 7. The van der Waals surface area contributed by atoms with E-state index in [0.717, 1.165) is 16.6 Å². The third-order valence-electron chi connectivity index (χ3n) is 5.89. The van der Waals surface area contributed by atoms with Gasteiger partial charge in [0.05, 0.1) is 12.1 Å². The average molecular weight is 546 g/mol. The van der Waals surface area contributed by atoms with Crippen LogP contribution in [0.4, 0.5) is 5.69 Å². The van der Waals surface area contributed by atoms with Gasteiger partial charge in [-0.25, -0.2) is 4.79 Å². The van der Waals surface area contributed by atoms with Gasteiger partial charge in [0, 0.05) is 41.3 Å². The maximum atomic E-state index is 13.2. The Morgan fingerprint density at radius 1 is 0.949 bits per heavy atom. The van der Waals surface area contributed by atoms with Gasteiger partial charge in [-0.1, -0.05) is 60.1 Å². The molecule has 2 atom stereocenters. The Bertz CT molecular complexity index is 1430. The van der Waals surface area contributed by atoms with E-state index in [9.17, 15) is 14.4 Å². The van der Waals surface area contributed by atoms with E-state index in [1.807, 2.05) is 18.2 Å². The fourth-order valence-corrected chi connectivity index (χ4v) is 4.23. The zero-order chi connectivity index (χ0) is 27.6. The lowest BCUT2D eigenvalue weighted by Gasteiger charge is -2.26. The van der Waals surface area contributed by atoms with Gasteiger partial charge in [0.1, 0.15) is 6.04 Å². The van der Waals surface area contributed by atoms with Gasteiger partial charge in [0.15, 0.2) is 0 Å². The van der Waals surface area contributed by atoms with Crippen LogP contribution in [0.15, 0.2) is 91.1 Å². The normalized spacial score (nSPS) is 12.3. The molecule has 0 aliphatic carbocycles. The van der Waals surface area contributed by atoms with E-state index < -0.39 is 30.0 Å². The predicted molar refractivity (Wildman–Crippen MR) is 149 cm³/mol. The molecule has 1 heterocycles. The SMILES string of the molecule is CC(=O)O[C@H](C(=O)OCCCNc1ccnc2cc(Cl)ccc12)[C@H](NC(=O)c1ccccc1)c1ccccc1. The van der Waals surface area contributed by atoms with E-state index in [1.54, 1.807) is 72.9 Å². The number of anilines is 1. The van der Waals surface area contributed by atoms with E-state index in [1.165, 1.54) is 6.92 Å². The number of fused-ring (bicyclic) bond motifs is 1. The van der Waals surface area contributed by atoms with Crippen molar-refractivity contribution in [1.29, 1.82) is 0 Å². The number of aromatic nitrogens is 1. The lowest BCUT2D eigenvalue weighted by Crippen LogP contribution is -2.43. The topological polar surface area (TPSA) is 107 Å². The molecular formula is C30H28ClN3O5. The summed E-state index contributed by atoms with van der Waals surface area (Å²) in [6.45, 7) is 1.80. The Balaban J connectivity index is 1.41. The highest BCUT2D eigenvalue weighted by Gasteiger charge is 2.35.